The molecule has 1 aliphatic rings. The summed E-state index contributed by atoms with van der Waals surface area (Å²) in [5.41, 5.74) is 1.70. The van der Waals surface area contributed by atoms with Gasteiger partial charge in [-0.25, -0.2) is 4.79 Å². The van der Waals surface area contributed by atoms with Crippen molar-refractivity contribution in [3.05, 3.63) is 65.1 Å². The summed E-state index contributed by atoms with van der Waals surface area (Å²) < 4.78 is 13.4. The number of unbranched alkanes of at least 4 members (excludes halogenated alkanes) is 1. The van der Waals surface area contributed by atoms with Crippen LogP contribution in [0.1, 0.15) is 45.4 Å². The first kappa shape index (κ1) is 29.6. The van der Waals surface area contributed by atoms with Crippen molar-refractivity contribution < 1.29 is 14.3 Å². The number of ether oxygens (including phenoxy) is 2. The molecule has 1 aliphatic heterocycles. The van der Waals surface area contributed by atoms with Crippen molar-refractivity contribution in [1.29, 1.82) is 0 Å². The number of amides is 2. The molecule has 1 aromatic heterocycles. The zero-order valence-electron chi connectivity index (χ0n) is 23.4. The topological polar surface area (TPSA) is 84.8 Å². The number of hydrogen-bond acceptors (Lipinski definition) is 6. The van der Waals surface area contributed by atoms with Gasteiger partial charge in [-0.05, 0) is 75.2 Å². The lowest BCUT2D eigenvalue weighted by atomic mass is 10.0. The molecule has 3 aromatic rings. The van der Waals surface area contributed by atoms with Crippen LogP contribution in [0.2, 0.25) is 0 Å². The van der Waals surface area contributed by atoms with Gasteiger partial charge >= 0.3 is 6.03 Å². The number of urea groups is 1. The number of pyridine rings is 1. The fourth-order valence-corrected chi connectivity index (χ4v) is 5.11. The van der Waals surface area contributed by atoms with Crippen LogP contribution in [0.15, 0.2) is 64.4 Å². The predicted octanol–water partition coefficient (Wildman–Crippen LogP) is 6.51. The summed E-state index contributed by atoms with van der Waals surface area (Å²) in [6, 6.07) is 14.1. The Morgan fingerprint density at radius 3 is 2.52 bits per heavy atom. The van der Waals surface area contributed by atoms with Gasteiger partial charge in [-0.1, -0.05) is 31.9 Å². The summed E-state index contributed by atoms with van der Waals surface area (Å²) in [5, 5.41) is 5.63. The van der Waals surface area contributed by atoms with Crippen molar-refractivity contribution in [2.24, 2.45) is 0 Å². The number of thiol groups is 1. The highest BCUT2D eigenvalue weighted by Gasteiger charge is 2.19. The van der Waals surface area contributed by atoms with Gasteiger partial charge in [0.05, 0.1) is 19.4 Å². The Hall–Kier alpha value is -3.43. The molecule has 2 heterocycles. The maximum atomic E-state index is 13.7. The number of piperidine rings is 1. The summed E-state index contributed by atoms with van der Waals surface area (Å²) >= 11 is 4.42. The summed E-state index contributed by atoms with van der Waals surface area (Å²) in [6.07, 6.45) is 8.31. The zero-order valence-corrected chi connectivity index (χ0v) is 24.3. The number of benzene rings is 2. The molecule has 0 radical (unpaired) electrons. The minimum Gasteiger partial charge on any atom is -0.497 e. The van der Waals surface area contributed by atoms with Crippen LogP contribution in [-0.2, 0) is 6.54 Å². The second-order valence-electron chi connectivity index (χ2n) is 10.0. The molecule has 214 valence electrons. The molecule has 0 saturated carbocycles. The number of nitrogens with zero attached hydrogens (tertiary/aromatic N) is 2. The Morgan fingerprint density at radius 2 is 1.77 bits per heavy atom. The lowest BCUT2D eigenvalue weighted by molar-refractivity contribution is 0.205. The van der Waals surface area contributed by atoms with Crippen LogP contribution in [0.5, 0.6) is 11.5 Å². The lowest BCUT2D eigenvalue weighted by Crippen LogP contribution is -2.31. The number of rotatable bonds is 12. The molecule has 4 rings (SSSR count). The number of likely N-dealkylation sites (tertiary alicyclic amines) is 1. The van der Waals surface area contributed by atoms with E-state index in [4.69, 9.17) is 9.47 Å². The van der Waals surface area contributed by atoms with E-state index in [2.05, 4.69) is 35.1 Å². The van der Waals surface area contributed by atoms with Gasteiger partial charge in [0, 0.05) is 35.3 Å². The minimum atomic E-state index is -0.528. The van der Waals surface area contributed by atoms with E-state index in [1.54, 1.807) is 30.0 Å². The average Bonchev–Trinajstić information content (AvgIpc) is 2.97. The second-order valence-corrected chi connectivity index (χ2v) is 10.5. The fourth-order valence-electron chi connectivity index (χ4n) is 4.90. The Kier molecular flexibility index (Phi) is 10.9. The van der Waals surface area contributed by atoms with E-state index in [0.717, 1.165) is 38.9 Å². The molecule has 1 fully saturated rings. The van der Waals surface area contributed by atoms with Crippen LogP contribution in [0.25, 0.3) is 11.1 Å². The lowest BCUT2D eigenvalue weighted by Gasteiger charge is -2.26. The summed E-state index contributed by atoms with van der Waals surface area (Å²) in [7, 11) is 1.60. The van der Waals surface area contributed by atoms with E-state index in [0.29, 0.717) is 46.4 Å². The standard InChI is InChI=1S/C31H40N4O4S/c1-3-4-19-35-20-15-24(29(30(35)36)33-31(37)32-26-11-6-7-12-28(26)40)25-22-23(38-2)13-14-27(25)39-21-10-18-34-16-8-5-9-17-34/h6-7,11-15,20,22,40H,3-5,8-10,16-19,21H2,1-2H3,(H2,32,33,37). The number of para-hydroxylation sites is 1. The Bertz CT molecular complexity index is 1340. The van der Waals surface area contributed by atoms with Gasteiger partial charge in [-0.15, -0.1) is 12.6 Å². The maximum absolute atomic E-state index is 13.7. The highest BCUT2D eigenvalue weighted by molar-refractivity contribution is 7.80. The van der Waals surface area contributed by atoms with Crippen molar-refractivity contribution >= 4 is 30.0 Å². The van der Waals surface area contributed by atoms with Crippen molar-refractivity contribution in [2.75, 3.05) is 44.0 Å². The molecule has 2 amide bonds. The SMILES string of the molecule is CCCCn1ccc(-c2cc(OC)ccc2OCCCN2CCCCC2)c(NC(=O)Nc2ccccc2S)c1=O. The first-order valence-corrected chi connectivity index (χ1v) is 14.6. The number of aryl methyl sites for hydroxylation is 1. The van der Waals surface area contributed by atoms with Crippen LogP contribution < -0.4 is 25.7 Å². The first-order valence-electron chi connectivity index (χ1n) is 14.1. The van der Waals surface area contributed by atoms with Gasteiger partial charge in [0.25, 0.3) is 5.56 Å². The third-order valence-corrected chi connectivity index (χ3v) is 7.50. The van der Waals surface area contributed by atoms with Gasteiger partial charge < -0.3 is 29.6 Å². The third-order valence-electron chi connectivity index (χ3n) is 7.11. The molecule has 0 unspecified atom stereocenters. The monoisotopic (exact) mass is 564 g/mol. The van der Waals surface area contributed by atoms with Gasteiger partial charge in [-0.2, -0.15) is 0 Å². The summed E-state index contributed by atoms with van der Waals surface area (Å²) in [4.78, 5) is 29.9. The molecule has 2 N–H and O–H groups in total. The van der Waals surface area contributed by atoms with Gasteiger partial charge in [0.2, 0.25) is 0 Å². The van der Waals surface area contributed by atoms with E-state index < -0.39 is 6.03 Å². The maximum Gasteiger partial charge on any atom is 0.323 e. The van der Waals surface area contributed by atoms with E-state index in [-0.39, 0.29) is 11.2 Å². The van der Waals surface area contributed by atoms with Crippen LogP contribution >= 0.6 is 12.6 Å². The number of carbonyl (C=O) groups is 1. The number of carbonyl (C=O) groups excluding carboxylic acids is 1. The molecule has 0 bridgehead atoms. The van der Waals surface area contributed by atoms with Crippen molar-refractivity contribution in [1.82, 2.24) is 9.47 Å². The summed E-state index contributed by atoms with van der Waals surface area (Å²) in [5.74, 6) is 1.26. The molecule has 8 nitrogen and oxygen atoms in total. The molecule has 1 saturated heterocycles. The quantitative estimate of drug-likeness (QED) is 0.172. The zero-order chi connectivity index (χ0) is 28.3. The number of nitrogens with one attached hydrogen (secondary N) is 2. The average molecular weight is 565 g/mol. The van der Waals surface area contributed by atoms with Crippen LogP contribution in [-0.4, -0.2) is 48.8 Å². The number of methoxy groups -OCH3 is 1. The predicted molar refractivity (Wildman–Crippen MR) is 164 cm³/mol. The molecular weight excluding hydrogens is 524 g/mol. The first-order chi connectivity index (χ1) is 19.5. The van der Waals surface area contributed by atoms with E-state index >= 15 is 0 Å². The van der Waals surface area contributed by atoms with Crippen LogP contribution in [0.3, 0.4) is 0 Å². The third kappa shape index (κ3) is 7.82. The highest BCUT2D eigenvalue weighted by atomic mass is 32.1. The van der Waals surface area contributed by atoms with Gasteiger partial charge in [-0.3, -0.25) is 4.79 Å². The van der Waals surface area contributed by atoms with E-state index in [1.165, 1.54) is 19.3 Å². The van der Waals surface area contributed by atoms with Crippen LogP contribution in [0, 0.1) is 0 Å². The molecule has 40 heavy (non-hydrogen) atoms. The van der Waals surface area contributed by atoms with Gasteiger partial charge in [0.15, 0.2) is 0 Å². The van der Waals surface area contributed by atoms with Crippen molar-refractivity contribution in [2.45, 2.75) is 56.9 Å². The molecular formula is C31H40N4O4S. The number of aromatic nitrogens is 1. The summed E-state index contributed by atoms with van der Waals surface area (Å²) in [6.45, 7) is 6.48. The number of anilines is 2. The van der Waals surface area contributed by atoms with E-state index in [9.17, 15) is 9.59 Å². The normalized spacial score (nSPS) is 13.6. The molecule has 0 atom stereocenters. The number of hydrogen-bond donors (Lipinski definition) is 3. The molecule has 2 aromatic carbocycles. The Morgan fingerprint density at radius 1 is 0.975 bits per heavy atom. The Balaban J connectivity index is 1.62. The Labute approximate surface area is 242 Å². The van der Waals surface area contributed by atoms with Gasteiger partial charge in [0.1, 0.15) is 17.2 Å². The largest absolute Gasteiger partial charge is 0.497 e. The minimum absolute atomic E-state index is 0.180. The van der Waals surface area contributed by atoms with Crippen molar-refractivity contribution in [3.8, 4) is 22.6 Å². The smallest absolute Gasteiger partial charge is 0.323 e. The van der Waals surface area contributed by atoms with Crippen LogP contribution in [0.4, 0.5) is 16.2 Å². The highest BCUT2D eigenvalue weighted by Crippen LogP contribution is 2.37. The molecule has 9 heteroatoms. The van der Waals surface area contributed by atoms with Crippen molar-refractivity contribution in [3.63, 3.8) is 0 Å². The fraction of sp³-hybridized carbons (Fsp3) is 0.419. The second kappa shape index (κ2) is 14.8. The molecule has 0 aliphatic carbocycles. The molecule has 0 spiro atoms. The van der Waals surface area contributed by atoms with E-state index in [1.807, 2.05) is 36.4 Å².